The van der Waals surface area contributed by atoms with Gasteiger partial charge in [0.15, 0.2) is 0 Å². The van der Waals surface area contributed by atoms with Crippen LogP contribution in [0.15, 0.2) is 35.0 Å². The highest BCUT2D eigenvalue weighted by Gasteiger charge is 2.32. The molecule has 1 atom stereocenters. The van der Waals surface area contributed by atoms with E-state index in [1.54, 1.807) is 25.6 Å². The molecule has 3 rings (SSSR count). The average Bonchev–Trinajstić information content (AvgIpc) is 3.24. The van der Waals surface area contributed by atoms with Gasteiger partial charge in [0.25, 0.3) is 5.91 Å². The molecule has 1 aromatic heterocycles. The molecule has 116 valence electrons. The van der Waals surface area contributed by atoms with Gasteiger partial charge in [-0.15, -0.1) is 0 Å². The maximum absolute atomic E-state index is 12.7. The Balaban J connectivity index is 1.94. The van der Waals surface area contributed by atoms with Gasteiger partial charge in [0.2, 0.25) is 0 Å². The van der Waals surface area contributed by atoms with Gasteiger partial charge in [0.1, 0.15) is 11.5 Å². The van der Waals surface area contributed by atoms with Crippen molar-refractivity contribution < 1.29 is 14.3 Å². The van der Waals surface area contributed by atoms with Crippen LogP contribution in [-0.4, -0.2) is 31.6 Å². The van der Waals surface area contributed by atoms with Crippen molar-refractivity contribution in [3.05, 3.63) is 46.2 Å². The quantitative estimate of drug-likeness (QED) is 0.862. The minimum absolute atomic E-state index is 0.0393. The molecule has 0 bridgehead atoms. The van der Waals surface area contributed by atoms with E-state index in [0.717, 1.165) is 42.0 Å². The van der Waals surface area contributed by atoms with Crippen LogP contribution in [0.3, 0.4) is 0 Å². The number of hydrogen-bond donors (Lipinski definition) is 0. The highest BCUT2D eigenvalue weighted by Crippen LogP contribution is 2.39. The maximum atomic E-state index is 12.7. The summed E-state index contributed by atoms with van der Waals surface area (Å²) < 4.78 is 10.8. The summed E-state index contributed by atoms with van der Waals surface area (Å²) in [6, 6.07) is 7.67. The first-order valence-corrected chi connectivity index (χ1v) is 8.24. The van der Waals surface area contributed by atoms with Crippen molar-refractivity contribution in [1.29, 1.82) is 0 Å². The van der Waals surface area contributed by atoms with Crippen LogP contribution in [0.5, 0.6) is 11.5 Å². The van der Waals surface area contributed by atoms with E-state index in [9.17, 15) is 4.79 Å². The molecule has 0 saturated carbocycles. The van der Waals surface area contributed by atoms with Gasteiger partial charge in [-0.2, -0.15) is 11.3 Å². The van der Waals surface area contributed by atoms with E-state index in [2.05, 4.69) is 0 Å². The van der Waals surface area contributed by atoms with Crippen LogP contribution in [0.25, 0.3) is 0 Å². The Bertz CT molecular complexity index is 654. The maximum Gasteiger partial charge on any atom is 0.255 e. The van der Waals surface area contributed by atoms with Crippen LogP contribution < -0.4 is 9.47 Å². The number of carbonyl (C=O) groups is 1. The number of thiophene rings is 1. The molecule has 0 radical (unpaired) electrons. The van der Waals surface area contributed by atoms with E-state index in [1.807, 2.05) is 39.9 Å². The highest BCUT2D eigenvalue weighted by molar-refractivity contribution is 7.08. The highest BCUT2D eigenvalue weighted by atomic mass is 32.1. The second-order valence-electron chi connectivity index (χ2n) is 5.28. The van der Waals surface area contributed by atoms with Crippen LogP contribution in [0.1, 0.15) is 34.8 Å². The molecule has 1 fully saturated rings. The third-order valence-corrected chi connectivity index (χ3v) is 4.76. The molecular weight excluding hydrogens is 298 g/mol. The first-order chi connectivity index (χ1) is 10.7. The van der Waals surface area contributed by atoms with E-state index in [-0.39, 0.29) is 11.9 Å². The summed E-state index contributed by atoms with van der Waals surface area (Å²) in [6.45, 7) is 0.777. The molecule has 2 heterocycles. The number of methoxy groups -OCH3 is 2. The number of nitrogens with zero attached hydrogens (tertiary/aromatic N) is 1. The summed E-state index contributed by atoms with van der Waals surface area (Å²) >= 11 is 1.55. The summed E-state index contributed by atoms with van der Waals surface area (Å²) in [5, 5.41) is 3.84. The van der Waals surface area contributed by atoms with Crippen molar-refractivity contribution in [2.45, 2.75) is 18.9 Å². The molecule has 0 unspecified atom stereocenters. The zero-order valence-corrected chi connectivity index (χ0v) is 13.6. The minimum Gasteiger partial charge on any atom is -0.497 e. The molecule has 1 saturated heterocycles. The van der Waals surface area contributed by atoms with Crippen LogP contribution in [0, 0.1) is 0 Å². The lowest BCUT2D eigenvalue weighted by Crippen LogP contribution is -2.30. The van der Waals surface area contributed by atoms with Gasteiger partial charge < -0.3 is 14.4 Å². The number of likely N-dealkylation sites (tertiary alicyclic amines) is 1. The topological polar surface area (TPSA) is 38.8 Å². The molecule has 22 heavy (non-hydrogen) atoms. The van der Waals surface area contributed by atoms with Crippen molar-refractivity contribution in [3.8, 4) is 11.5 Å². The second-order valence-corrected chi connectivity index (χ2v) is 6.06. The molecular formula is C17H19NO3S. The third kappa shape index (κ3) is 2.68. The smallest absolute Gasteiger partial charge is 0.255 e. The van der Waals surface area contributed by atoms with Gasteiger partial charge >= 0.3 is 0 Å². The number of amides is 1. The number of benzene rings is 1. The predicted octanol–water partition coefficient (Wildman–Crippen LogP) is 3.74. The molecule has 1 amide bonds. The van der Waals surface area contributed by atoms with E-state index < -0.39 is 0 Å². The summed E-state index contributed by atoms with van der Waals surface area (Å²) in [5.41, 5.74) is 1.78. The fourth-order valence-corrected chi connectivity index (χ4v) is 3.61. The normalized spacial score (nSPS) is 17.5. The second kappa shape index (κ2) is 6.40. The van der Waals surface area contributed by atoms with Crippen LogP contribution in [0.4, 0.5) is 0 Å². The summed E-state index contributed by atoms with van der Waals surface area (Å²) in [5.74, 6) is 1.68. The molecule has 1 aliphatic rings. The van der Waals surface area contributed by atoms with E-state index in [0.29, 0.717) is 0 Å². The molecule has 0 N–H and O–H groups in total. The van der Waals surface area contributed by atoms with Crippen LogP contribution >= 0.6 is 11.3 Å². The number of rotatable bonds is 4. The van der Waals surface area contributed by atoms with Gasteiger partial charge in [-0.3, -0.25) is 4.79 Å². The lowest BCUT2D eigenvalue weighted by molar-refractivity contribution is 0.0734. The fourth-order valence-electron chi connectivity index (χ4n) is 2.98. The monoisotopic (exact) mass is 317 g/mol. The molecule has 0 aliphatic carbocycles. The Labute approximate surface area is 134 Å². The lowest BCUT2D eigenvalue weighted by Gasteiger charge is -2.26. The Hall–Kier alpha value is -2.01. The zero-order valence-electron chi connectivity index (χ0n) is 12.7. The van der Waals surface area contributed by atoms with Crippen molar-refractivity contribution in [2.24, 2.45) is 0 Å². The molecule has 4 nitrogen and oxygen atoms in total. The van der Waals surface area contributed by atoms with Crippen LogP contribution in [-0.2, 0) is 0 Å². The average molecular weight is 317 g/mol. The first-order valence-electron chi connectivity index (χ1n) is 7.29. The molecule has 5 heteroatoms. The predicted molar refractivity (Wildman–Crippen MR) is 86.9 cm³/mol. The van der Waals surface area contributed by atoms with E-state index in [4.69, 9.17) is 9.47 Å². The van der Waals surface area contributed by atoms with Gasteiger partial charge in [0, 0.05) is 17.5 Å². The first kappa shape index (κ1) is 14.9. The van der Waals surface area contributed by atoms with E-state index in [1.165, 1.54) is 0 Å². The van der Waals surface area contributed by atoms with Gasteiger partial charge in [0.05, 0.1) is 25.8 Å². The van der Waals surface area contributed by atoms with E-state index >= 15 is 0 Å². The Morgan fingerprint density at radius 2 is 2.14 bits per heavy atom. The van der Waals surface area contributed by atoms with Gasteiger partial charge in [-0.25, -0.2) is 0 Å². The van der Waals surface area contributed by atoms with Crippen molar-refractivity contribution in [3.63, 3.8) is 0 Å². The molecule has 2 aromatic rings. The fraction of sp³-hybridized carbons (Fsp3) is 0.353. The third-order valence-electron chi connectivity index (χ3n) is 4.08. The van der Waals surface area contributed by atoms with Crippen molar-refractivity contribution in [1.82, 2.24) is 4.90 Å². The number of carbonyl (C=O) groups excluding carboxylic acids is 1. The standard InChI is InChI=1S/C17H19NO3S/c1-20-13-5-6-16(21-2)14(10-13)15-4-3-8-18(15)17(19)12-7-9-22-11-12/h5-7,9-11,15H,3-4,8H2,1-2H3/t15-/m0/s1. The molecule has 0 spiro atoms. The van der Waals surface area contributed by atoms with Crippen LogP contribution in [0.2, 0.25) is 0 Å². The van der Waals surface area contributed by atoms with Gasteiger partial charge in [-0.1, -0.05) is 0 Å². The number of hydrogen-bond acceptors (Lipinski definition) is 4. The van der Waals surface area contributed by atoms with Crippen molar-refractivity contribution in [2.75, 3.05) is 20.8 Å². The SMILES string of the molecule is COc1ccc(OC)c([C@@H]2CCCN2C(=O)c2ccsc2)c1. The Kier molecular flexibility index (Phi) is 4.34. The summed E-state index contributed by atoms with van der Waals surface area (Å²) in [7, 11) is 3.31. The summed E-state index contributed by atoms with van der Waals surface area (Å²) in [6.07, 6.45) is 1.94. The zero-order chi connectivity index (χ0) is 15.5. The van der Waals surface area contributed by atoms with Crippen molar-refractivity contribution >= 4 is 17.2 Å². The lowest BCUT2D eigenvalue weighted by atomic mass is 10.0. The molecule has 1 aromatic carbocycles. The minimum atomic E-state index is 0.0393. The Morgan fingerprint density at radius 1 is 1.27 bits per heavy atom. The largest absolute Gasteiger partial charge is 0.497 e. The number of ether oxygens (including phenoxy) is 2. The Morgan fingerprint density at radius 3 is 2.82 bits per heavy atom. The molecule has 1 aliphatic heterocycles. The summed E-state index contributed by atoms with van der Waals surface area (Å²) in [4.78, 5) is 14.7. The van der Waals surface area contributed by atoms with Gasteiger partial charge in [-0.05, 0) is 42.5 Å².